The highest BCUT2D eigenvalue weighted by molar-refractivity contribution is 5.76. The summed E-state index contributed by atoms with van der Waals surface area (Å²) in [5, 5.41) is 50.6. The van der Waals surface area contributed by atoms with E-state index >= 15 is 0 Å². The van der Waals surface area contributed by atoms with Crippen LogP contribution in [-0.4, -0.2) is 87.4 Å². The quantitative estimate of drug-likeness (QED) is 0.295. The van der Waals surface area contributed by atoms with Crippen LogP contribution in [0.15, 0.2) is 0 Å². The fourth-order valence-corrected chi connectivity index (χ4v) is 2.34. The molecule has 0 saturated carbocycles. The lowest BCUT2D eigenvalue weighted by molar-refractivity contribution is -0.295. The smallest absolute Gasteiger partial charge is 0.364 e. The second-order valence-corrected chi connectivity index (χ2v) is 5.12. The van der Waals surface area contributed by atoms with Crippen LogP contribution in [0.3, 0.4) is 0 Å². The zero-order valence-corrected chi connectivity index (χ0v) is 12.2. The number of aliphatic hydroxyl groups is 4. The molecule has 0 spiro atoms. The van der Waals surface area contributed by atoms with Crippen molar-refractivity contribution in [3.05, 3.63) is 0 Å². The van der Waals surface area contributed by atoms with Gasteiger partial charge in [-0.3, -0.25) is 4.79 Å². The van der Waals surface area contributed by atoms with Crippen molar-refractivity contribution in [2.75, 3.05) is 13.7 Å². The Balaban J connectivity index is 3.10. The summed E-state index contributed by atoms with van der Waals surface area (Å²) >= 11 is 0. The maximum atomic E-state index is 11.2. The molecule has 0 aromatic heterocycles. The SMILES string of the molecule is COC(CO)C(O)C1OC(O)(C(=O)O)CC(O)C1NC(C)=O. The molecule has 128 valence electrons. The minimum absolute atomic E-state index is 0.552. The number of hydrogen-bond acceptors (Lipinski definition) is 8. The Morgan fingerprint density at radius 2 is 2.09 bits per heavy atom. The van der Waals surface area contributed by atoms with Crippen molar-refractivity contribution in [1.29, 1.82) is 0 Å². The van der Waals surface area contributed by atoms with Gasteiger partial charge in [-0.1, -0.05) is 0 Å². The minimum atomic E-state index is -2.73. The Bertz CT molecular complexity index is 413. The number of ether oxygens (including phenoxy) is 2. The molecular formula is C12H21NO9. The molecule has 0 radical (unpaired) electrons. The van der Waals surface area contributed by atoms with E-state index in [1.807, 2.05) is 0 Å². The third-order valence-electron chi connectivity index (χ3n) is 3.49. The van der Waals surface area contributed by atoms with Crippen molar-refractivity contribution in [3.8, 4) is 0 Å². The fourth-order valence-electron chi connectivity index (χ4n) is 2.34. The Labute approximate surface area is 126 Å². The maximum absolute atomic E-state index is 11.2. The summed E-state index contributed by atoms with van der Waals surface area (Å²) in [4.78, 5) is 22.3. The average Bonchev–Trinajstić information content (AvgIpc) is 2.42. The maximum Gasteiger partial charge on any atom is 0.364 e. The van der Waals surface area contributed by atoms with Gasteiger partial charge in [0, 0.05) is 20.5 Å². The largest absolute Gasteiger partial charge is 0.477 e. The van der Waals surface area contributed by atoms with E-state index in [2.05, 4.69) is 5.32 Å². The molecule has 6 N–H and O–H groups in total. The molecule has 6 atom stereocenters. The molecule has 10 nitrogen and oxygen atoms in total. The number of aliphatic carboxylic acids is 1. The van der Waals surface area contributed by atoms with E-state index in [0.717, 1.165) is 6.92 Å². The van der Waals surface area contributed by atoms with Gasteiger partial charge in [0.05, 0.1) is 18.8 Å². The van der Waals surface area contributed by atoms with E-state index in [9.17, 15) is 24.9 Å². The van der Waals surface area contributed by atoms with Gasteiger partial charge in [0.2, 0.25) is 5.91 Å². The standard InChI is InChI=1S/C12H21NO9/c1-5(15)13-8-6(16)3-12(20,11(18)19)22-10(8)9(17)7(4-14)21-2/h6-10,14,16-17,20H,3-4H2,1-2H3,(H,13,15)(H,18,19). The first-order chi connectivity index (χ1) is 10.2. The number of methoxy groups -OCH3 is 1. The average molecular weight is 323 g/mol. The van der Waals surface area contributed by atoms with Crippen LogP contribution in [-0.2, 0) is 19.1 Å². The van der Waals surface area contributed by atoms with E-state index < -0.39 is 61.1 Å². The third-order valence-corrected chi connectivity index (χ3v) is 3.49. The van der Waals surface area contributed by atoms with Gasteiger partial charge in [-0.05, 0) is 0 Å². The van der Waals surface area contributed by atoms with Gasteiger partial charge in [-0.15, -0.1) is 0 Å². The first kappa shape index (κ1) is 18.7. The fraction of sp³-hybridized carbons (Fsp3) is 0.833. The summed E-state index contributed by atoms with van der Waals surface area (Å²) < 4.78 is 9.83. The van der Waals surface area contributed by atoms with Crippen LogP contribution in [0.5, 0.6) is 0 Å². The number of carbonyl (C=O) groups excluding carboxylic acids is 1. The van der Waals surface area contributed by atoms with Crippen LogP contribution in [0.2, 0.25) is 0 Å². The zero-order chi connectivity index (χ0) is 17.1. The van der Waals surface area contributed by atoms with E-state index in [1.54, 1.807) is 0 Å². The van der Waals surface area contributed by atoms with Crippen LogP contribution in [0.4, 0.5) is 0 Å². The van der Waals surface area contributed by atoms with Crippen LogP contribution >= 0.6 is 0 Å². The molecule has 0 aliphatic carbocycles. The molecule has 1 amide bonds. The molecule has 0 aromatic carbocycles. The van der Waals surface area contributed by atoms with E-state index in [0.29, 0.717) is 0 Å². The third kappa shape index (κ3) is 3.91. The van der Waals surface area contributed by atoms with E-state index in [4.69, 9.17) is 19.7 Å². The summed E-state index contributed by atoms with van der Waals surface area (Å²) in [6, 6.07) is -1.18. The summed E-state index contributed by atoms with van der Waals surface area (Å²) in [6.07, 6.45) is -6.47. The topological polar surface area (TPSA) is 166 Å². The molecule has 1 fully saturated rings. The predicted octanol–water partition coefficient (Wildman–Crippen LogP) is -3.22. The van der Waals surface area contributed by atoms with E-state index in [-0.39, 0.29) is 0 Å². The summed E-state index contributed by atoms with van der Waals surface area (Å²) in [6.45, 7) is 0.542. The summed E-state index contributed by atoms with van der Waals surface area (Å²) in [5.74, 6) is -5.03. The molecule has 0 bridgehead atoms. The van der Waals surface area contributed by atoms with Crippen molar-refractivity contribution in [1.82, 2.24) is 5.32 Å². The van der Waals surface area contributed by atoms with Gasteiger partial charge in [-0.2, -0.15) is 0 Å². The summed E-state index contributed by atoms with van der Waals surface area (Å²) in [5.41, 5.74) is 0. The highest BCUT2D eigenvalue weighted by atomic mass is 16.7. The molecule has 1 rings (SSSR count). The predicted molar refractivity (Wildman–Crippen MR) is 69.6 cm³/mol. The number of carboxylic acid groups (broad SMARTS) is 1. The number of amides is 1. The van der Waals surface area contributed by atoms with Crippen molar-refractivity contribution in [3.63, 3.8) is 0 Å². The highest BCUT2D eigenvalue weighted by Crippen LogP contribution is 2.30. The van der Waals surface area contributed by atoms with Crippen LogP contribution in [0, 0.1) is 0 Å². The van der Waals surface area contributed by atoms with E-state index in [1.165, 1.54) is 7.11 Å². The highest BCUT2D eigenvalue weighted by Gasteiger charge is 2.53. The number of carboxylic acids is 1. The Kier molecular flexibility index (Phi) is 6.23. The lowest BCUT2D eigenvalue weighted by Gasteiger charge is -2.45. The molecule has 6 unspecified atom stereocenters. The van der Waals surface area contributed by atoms with Gasteiger partial charge in [0.25, 0.3) is 5.79 Å². The second-order valence-electron chi connectivity index (χ2n) is 5.12. The normalized spacial score (nSPS) is 34.7. The molecule has 1 aliphatic rings. The Hall–Kier alpha value is -1.30. The Morgan fingerprint density at radius 3 is 2.50 bits per heavy atom. The molecular weight excluding hydrogens is 302 g/mol. The number of rotatable bonds is 6. The molecule has 1 heterocycles. The van der Waals surface area contributed by atoms with Crippen LogP contribution < -0.4 is 5.32 Å². The number of aliphatic hydroxyl groups excluding tert-OH is 3. The number of hydrogen-bond donors (Lipinski definition) is 6. The summed E-state index contributed by atoms with van der Waals surface area (Å²) in [7, 11) is 1.19. The van der Waals surface area contributed by atoms with Crippen LogP contribution in [0.25, 0.3) is 0 Å². The lowest BCUT2D eigenvalue weighted by atomic mass is 9.88. The van der Waals surface area contributed by atoms with Crippen molar-refractivity contribution < 1.29 is 44.6 Å². The molecule has 0 aromatic rings. The lowest BCUT2D eigenvalue weighted by Crippen LogP contribution is -2.67. The molecule has 1 aliphatic heterocycles. The van der Waals surface area contributed by atoms with Gasteiger partial charge in [0.15, 0.2) is 0 Å². The second kappa shape index (κ2) is 7.31. The first-order valence-electron chi connectivity index (χ1n) is 6.56. The van der Waals surface area contributed by atoms with Crippen molar-refractivity contribution in [2.45, 2.75) is 49.6 Å². The first-order valence-corrected chi connectivity index (χ1v) is 6.56. The van der Waals surface area contributed by atoms with Gasteiger partial charge >= 0.3 is 5.97 Å². The molecule has 22 heavy (non-hydrogen) atoms. The number of nitrogens with one attached hydrogen (secondary N) is 1. The Morgan fingerprint density at radius 1 is 1.50 bits per heavy atom. The minimum Gasteiger partial charge on any atom is -0.477 e. The van der Waals surface area contributed by atoms with Crippen molar-refractivity contribution in [2.24, 2.45) is 0 Å². The van der Waals surface area contributed by atoms with Gasteiger partial charge in [0.1, 0.15) is 18.3 Å². The van der Waals surface area contributed by atoms with Crippen molar-refractivity contribution >= 4 is 11.9 Å². The van der Waals surface area contributed by atoms with Gasteiger partial charge < -0.3 is 40.3 Å². The zero-order valence-electron chi connectivity index (χ0n) is 12.2. The van der Waals surface area contributed by atoms with Crippen LogP contribution in [0.1, 0.15) is 13.3 Å². The number of carbonyl (C=O) groups is 2. The van der Waals surface area contributed by atoms with Gasteiger partial charge in [-0.25, -0.2) is 4.79 Å². The molecule has 10 heteroatoms. The monoisotopic (exact) mass is 323 g/mol. The molecule has 1 saturated heterocycles.